The van der Waals surface area contributed by atoms with Crippen LogP contribution >= 0.6 is 0 Å². The van der Waals surface area contributed by atoms with Gasteiger partial charge in [-0.1, -0.05) is 0 Å². The Morgan fingerprint density at radius 1 is 1.33 bits per heavy atom. The Balaban J connectivity index is 1.61. The van der Waals surface area contributed by atoms with Crippen molar-refractivity contribution in [2.75, 3.05) is 24.5 Å². The monoisotopic (exact) mass is 328 g/mol. The molecule has 3 rings (SSSR count). The molecule has 1 amide bonds. The van der Waals surface area contributed by atoms with Crippen LogP contribution in [-0.2, 0) is 0 Å². The summed E-state index contributed by atoms with van der Waals surface area (Å²) in [6.45, 7) is 4.77. The molecule has 8 heteroatoms. The minimum Gasteiger partial charge on any atom is -0.386 e. The van der Waals surface area contributed by atoms with Crippen molar-refractivity contribution in [3.05, 3.63) is 41.9 Å². The van der Waals surface area contributed by atoms with E-state index >= 15 is 0 Å². The second-order valence-corrected chi connectivity index (χ2v) is 6.06. The van der Waals surface area contributed by atoms with Crippen molar-refractivity contribution < 1.29 is 9.90 Å². The van der Waals surface area contributed by atoms with Crippen LogP contribution < -0.4 is 10.2 Å². The van der Waals surface area contributed by atoms with Crippen LogP contribution in [0.3, 0.4) is 0 Å². The number of aromatic nitrogens is 4. The van der Waals surface area contributed by atoms with Gasteiger partial charge in [0.1, 0.15) is 17.2 Å². The third kappa shape index (κ3) is 3.48. The Labute approximate surface area is 140 Å². The van der Waals surface area contributed by atoms with Crippen molar-refractivity contribution in [2.24, 2.45) is 0 Å². The van der Waals surface area contributed by atoms with Crippen molar-refractivity contribution in [3.63, 3.8) is 0 Å². The highest BCUT2D eigenvalue weighted by Crippen LogP contribution is 2.24. The molecule has 0 aromatic carbocycles. The molecule has 1 aliphatic heterocycles. The van der Waals surface area contributed by atoms with Crippen LogP contribution in [0.15, 0.2) is 24.8 Å². The van der Waals surface area contributed by atoms with E-state index in [1.165, 1.54) is 6.20 Å². The quantitative estimate of drug-likeness (QED) is 0.829. The van der Waals surface area contributed by atoms with E-state index in [2.05, 4.69) is 25.3 Å². The lowest BCUT2D eigenvalue weighted by Gasteiger charge is -2.24. The topological polar surface area (TPSA) is 104 Å². The van der Waals surface area contributed by atoms with Gasteiger partial charge in [-0.05, 0) is 20.3 Å². The van der Waals surface area contributed by atoms with Gasteiger partial charge >= 0.3 is 0 Å². The third-order valence-corrected chi connectivity index (χ3v) is 4.13. The summed E-state index contributed by atoms with van der Waals surface area (Å²) in [4.78, 5) is 30.8. The van der Waals surface area contributed by atoms with Crippen molar-refractivity contribution >= 4 is 11.7 Å². The van der Waals surface area contributed by atoms with Gasteiger partial charge in [-0.25, -0.2) is 15.0 Å². The zero-order valence-electron chi connectivity index (χ0n) is 13.7. The van der Waals surface area contributed by atoms with E-state index in [0.717, 1.165) is 5.82 Å². The van der Waals surface area contributed by atoms with E-state index in [4.69, 9.17) is 0 Å². The zero-order valence-corrected chi connectivity index (χ0v) is 13.7. The zero-order chi connectivity index (χ0) is 17.2. The number of amides is 1. The highest BCUT2D eigenvalue weighted by Gasteiger charge is 2.37. The lowest BCUT2D eigenvalue weighted by molar-refractivity contribution is 0.0575. The van der Waals surface area contributed by atoms with Crippen LogP contribution in [0.5, 0.6) is 0 Å². The first-order valence-electron chi connectivity index (χ1n) is 7.79. The molecule has 2 aromatic rings. The second-order valence-electron chi connectivity index (χ2n) is 6.06. The van der Waals surface area contributed by atoms with Crippen LogP contribution in [0.4, 0.5) is 5.82 Å². The van der Waals surface area contributed by atoms with Gasteiger partial charge in [-0.15, -0.1) is 0 Å². The minimum atomic E-state index is -0.993. The molecule has 1 aliphatic rings. The second kappa shape index (κ2) is 6.48. The van der Waals surface area contributed by atoms with Crippen LogP contribution in [0.2, 0.25) is 0 Å². The number of β-amino-alcohol motifs (C(OH)–C–C–N with tert-alkyl or cyclic N) is 1. The molecule has 0 spiro atoms. The molecule has 2 aromatic heterocycles. The SMILES string of the molecule is Cc1ncc(C(=O)NC[C@]2(O)CCN(c3cnccn3)C2)c(C)n1. The molecule has 126 valence electrons. The Hall–Kier alpha value is -2.61. The van der Waals surface area contributed by atoms with Crippen molar-refractivity contribution in [1.29, 1.82) is 0 Å². The molecular weight excluding hydrogens is 308 g/mol. The fourth-order valence-electron chi connectivity index (χ4n) is 2.80. The molecule has 3 heterocycles. The molecule has 0 aliphatic carbocycles. The minimum absolute atomic E-state index is 0.163. The lowest BCUT2D eigenvalue weighted by Crippen LogP contribution is -2.45. The third-order valence-electron chi connectivity index (χ3n) is 4.13. The highest BCUT2D eigenvalue weighted by molar-refractivity contribution is 5.94. The molecule has 1 fully saturated rings. The van der Waals surface area contributed by atoms with E-state index in [9.17, 15) is 9.90 Å². The van der Waals surface area contributed by atoms with Crippen LogP contribution in [0.25, 0.3) is 0 Å². The first-order valence-corrected chi connectivity index (χ1v) is 7.79. The van der Waals surface area contributed by atoms with Gasteiger partial charge in [-0.3, -0.25) is 9.78 Å². The molecule has 0 bridgehead atoms. The average molecular weight is 328 g/mol. The number of nitrogens with zero attached hydrogens (tertiary/aromatic N) is 5. The molecule has 1 atom stereocenters. The average Bonchev–Trinajstić information content (AvgIpc) is 2.96. The van der Waals surface area contributed by atoms with E-state index in [-0.39, 0.29) is 12.5 Å². The fraction of sp³-hybridized carbons (Fsp3) is 0.438. The molecule has 8 nitrogen and oxygen atoms in total. The molecule has 0 unspecified atom stereocenters. The van der Waals surface area contributed by atoms with Crippen LogP contribution in [0, 0.1) is 13.8 Å². The maximum absolute atomic E-state index is 12.3. The molecule has 1 saturated heterocycles. The van der Waals surface area contributed by atoms with Gasteiger partial charge in [-0.2, -0.15) is 0 Å². The van der Waals surface area contributed by atoms with Gasteiger partial charge in [0.25, 0.3) is 5.91 Å². The lowest BCUT2D eigenvalue weighted by atomic mass is 10.0. The number of aliphatic hydroxyl groups is 1. The first kappa shape index (κ1) is 16.3. The summed E-state index contributed by atoms with van der Waals surface area (Å²) in [7, 11) is 0. The van der Waals surface area contributed by atoms with Gasteiger partial charge in [0.2, 0.25) is 0 Å². The summed E-state index contributed by atoms with van der Waals surface area (Å²) in [5.74, 6) is 1.07. The summed E-state index contributed by atoms with van der Waals surface area (Å²) in [5, 5.41) is 13.5. The van der Waals surface area contributed by atoms with Crippen LogP contribution in [-0.4, -0.2) is 56.2 Å². The predicted molar refractivity (Wildman–Crippen MR) is 87.7 cm³/mol. The van der Waals surface area contributed by atoms with E-state index in [1.807, 2.05) is 4.90 Å². The number of carbonyl (C=O) groups is 1. The number of rotatable bonds is 4. The van der Waals surface area contributed by atoms with Crippen molar-refractivity contribution in [2.45, 2.75) is 25.9 Å². The highest BCUT2D eigenvalue weighted by atomic mass is 16.3. The van der Waals surface area contributed by atoms with Gasteiger partial charge in [0.15, 0.2) is 0 Å². The largest absolute Gasteiger partial charge is 0.386 e. The summed E-state index contributed by atoms with van der Waals surface area (Å²) >= 11 is 0. The summed E-state index contributed by atoms with van der Waals surface area (Å²) in [6, 6.07) is 0. The number of anilines is 1. The number of carbonyl (C=O) groups excluding carboxylic acids is 1. The summed E-state index contributed by atoms with van der Waals surface area (Å²) in [5.41, 5.74) is 0.0553. The Morgan fingerprint density at radius 2 is 2.17 bits per heavy atom. The Kier molecular flexibility index (Phi) is 4.39. The first-order chi connectivity index (χ1) is 11.5. The van der Waals surface area contributed by atoms with Gasteiger partial charge in [0.05, 0.1) is 17.5 Å². The van der Waals surface area contributed by atoms with Crippen molar-refractivity contribution in [1.82, 2.24) is 25.3 Å². The predicted octanol–water partition coefficient (Wildman–Crippen LogP) is 0.255. The maximum Gasteiger partial charge on any atom is 0.254 e. The van der Waals surface area contributed by atoms with Crippen molar-refractivity contribution in [3.8, 4) is 0 Å². The summed E-state index contributed by atoms with van der Waals surface area (Å²) in [6.07, 6.45) is 6.95. The van der Waals surface area contributed by atoms with E-state index in [0.29, 0.717) is 36.6 Å². The number of nitrogens with one attached hydrogen (secondary N) is 1. The normalized spacial score (nSPS) is 20.2. The Bertz CT molecular complexity index is 739. The molecule has 2 N–H and O–H groups in total. The molecule has 0 saturated carbocycles. The standard InChI is InChI=1S/C16H20N6O2/c1-11-13(7-19-12(2)21-11)15(23)20-9-16(24)3-6-22(10-16)14-8-17-4-5-18-14/h4-5,7-8,24H,3,6,9-10H2,1-2H3,(H,20,23)/t16-/m1/s1. The smallest absolute Gasteiger partial charge is 0.254 e. The molecular formula is C16H20N6O2. The Morgan fingerprint density at radius 3 is 2.88 bits per heavy atom. The summed E-state index contributed by atoms with van der Waals surface area (Å²) < 4.78 is 0. The number of hydrogen-bond donors (Lipinski definition) is 2. The fourth-order valence-corrected chi connectivity index (χ4v) is 2.80. The van der Waals surface area contributed by atoms with E-state index in [1.54, 1.807) is 32.4 Å². The van der Waals surface area contributed by atoms with Crippen LogP contribution in [0.1, 0.15) is 28.3 Å². The van der Waals surface area contributed by atoms with Gasteiger partial charge in [0, 0.05) is 38.2 Å². The number of hydrogen-bond acceptors (Lipinski definition) is 7. The number of aryl methyl sites for hydroxylation is 2. The molecule has 0 radical (unpaired) electrons. The van der Waals surface area contributed by atoms with E-state index < -0.39 is 5.60 Å². The van der Waals surface area contributed by atoms with Gasteiger partial charge < -0.3 is 15.3 Å². The maximum atomic E-state index is 12.3. The molecule has 24 heavy (non-hydrogen) atoms.